The molecular formula is C28H30N2O5. The summed E-state index contributed by atoms with van der Waals surface area (Å²) in [6, 6.07) is 18.4. The van der Waals surface area contributed by atoms with Crippen molar-refractivity contribution in [1.82, 2.24) is 10.6 Å². The van der Waals surface area contributed by atoms with Gasteiger partial charge in [0.05, 0.1) is 6.04 Å². The summed E-state index contributed by atoms with van der Waals surface area (Å²) in [4.78, 5) is 11.0. The summed E-state index contributed by atoms with van der Waals surface area (Å²) >= 11 is 0. The lowest BCUT2D eigenvalue weighted by Crippen LogP contribution is -2.32. The SMILES string of the molecule is CC(=O)NCCNC1COc2cc(OCc3cccc(-c4ccc5c(c4)OCCO5)c3C)ccc21. The van der Waals surface area contributed by atoms with Gasteiger partial charge in [-0.2, -0.15) is 0 Å². The zero-order valence-electron chi connectivity index (χ0n) is 20.1. The van der Waals surface area contributed by atoms with Crippen LogP contribution in [0.25, 0.3) is 11.1 Å². The molecule has 1 amide bonds. The molecule has 35 heavy (non-hydrogen) atoms. The predicted octanol–water partition coefficient (Wildman–Crippen LogP) is 4.17. The van der Waals surface area contributed by atoms with Crippen molar-refractivity contribution in [2.45, 2.75) is 26.5 Å². The van der Waals surface area contributed by atoms with Crippen LogP contribution in [0.4, 0.5) is 0 Å². The summed E-state index contributed by atoms with van der Waals surface area (Å²) in [5.74, 6) is 3.16. The molecule has 5 rings (SSSR count). The van der Waals surface area contributed by atoms with Crippen LogP contribution in [-0.4, -0.2) is 38.8 Å². The highest BCUT2D eigenvalue weighted by atomic mass is 16.6. The number of amides is 1. The third-order valence-electron chi connectivity index (χ3n) is 6.35. The number of hydrogen-bond acceptors (Lipinski definition) is 6. The second-order valence-corrected chi connectivity index (χ2v) is 8.74. The Kier molecular flexibility index (Phi) is 6.77. The number of fused-ring (bicyclic) bond motifs is 2. The van der Waals surface area contributed by atoms with E-state index in [4.69, 9.17) is 18.9 Å². The molecule has 0 bridgehead atoms. The number of benzene rings is 3. The van der Waals surface area contributed by atoms with E-state index in [0.717, 1.165) is 45.3 Å². The number of hydrogen-bond donors (Lipinski definition) is 2. The lowest BCUT2D eigenvalue weighted by molar-refractivity contribution is -0.118. The third kappa shape index (κ3) is 5.20. The highest BCUT2D eigenvalue weighted by Gasteiger charge is 2.24. The number of carbonyl (C=O) groups is 1. The Bertz CT molecular complexity index is 1230. The number of nitrogens with one attached hydrogen (secondary N) is 2. The molecule has 2 N–H and O–H groups in total. The summed E-state index contributed by atoms with van der Waals surface area (Å²) in [5.41, 5.74) is 5.64. The standard InChI is InChI=1S/C28H30N2O5/c1-18-21(4-3-5-23(18)20-6-9-26-28(14-20)33-13-12-32-26)16-34-22-7-8-24-25(17-35-27(24)15-22)30-11-10-29-19(2)31/h3-9,14-15,25,30H,10-13,16-17H2,1-2H3,(H,29,31). The molecule has 0 aromatic heterocycles. The normalized spacial score (nSPS) is 15.8. The molecule has 3 aromatic carbocycles. The molecule has 0 radical (unpaired) electrons. The summed E-state index contributed by atoms with van der Waals surface area (Å²) in [6.07, 6.45) is 0. The summed E-state index contributed by atoms with van der Waals surface area (Å²) < 4.78 is 23.4. The summed E-state index contributed by atoms with van der Waals surface area (Å²) in [5, 5.41) is 6.21. The average molecular weight is 475 g/mol. The van der Waals surface area contributed by atoms with Crippen LogP contribution >= 0.6 is 0 Å². The molecule has 2 aliphatic heterocycles. The van der Waals surface area contributed by atoms with E-state index in [0.29, 0.717) is 39.5 Å². The van der Waals surface area contributed by atoms with Gasteiger partial charge in [-0.05, 0) is 53.4 Å². The van der Waals surface area contributed by atoms with Crippen LogP contribution in [0.5, 0.6) is 23.0 Å². The predicted molar refractivity (Wildman–Crippen MR) is 133 cm³/mol. The minimum absolute atomic E-state index is 0.0243. The molecule has 0 saturated carbocycles. The van der Waals surface area contributed by atoms with Gasteiger partial charge in [0.1, 0.15) is 37.9 Å². The first-order valence-electron chi connectivity index (χ1n) is 11.9. The van der Waals surface area contributed by atoms with Crippen LogP contribution in [0.2, 0.25) is 0 Å². The van der Waals surface area contributed by atoms with Gasteiger partial charge in [-0.1, -0.05) is 24.3 Å². The monoisotopic (exact) mass is 474 g/mol. The average Bonchev–Trinajstić information content (AvgIpc) is 3.28. The van der Waals surface area contributed by atoms with Crippen LogP contribution in [0, 0.1) is 6.92 Å². The van der Waals surface area contributed by atoms with Crippen LogP contribution in [-0.2, 0) is 11.4 Å². The zero-order chi connectivity index (χ0) is 24.2. The van der Waals surface area contributed by atoms with E-state index in [2.05, 4.69) is 41.8 Å². The van der Waals surface area contributed by atoms with Gasteiger partial charge in [0.15, 0.2) is 11.5 Å². The lowest BCUT2D eigenvalue weighted by Gasteiger charge is -2.20. The summed E-state index contributed by atoms with van der Waals surface area (Å²) in [6.45, 7) is 7.09. The van der Waals surface area contributed by atoms with Gasteiger partial charge >= 0.3 is 0 Å². The quantitative estimate of drug-likeness (QED) is 0.477. The highest BCUT2D eigenvalue weighted by Crippen LogP contribution is 2.37. The smallest absolute Gasteiger partial charge is 0.216 e. The number of rotatable bonds is 8. The van der Waals surface area contributed by atoms with E-state index in [9.17, 15) is 4.79 Å². The van der Waals surface area contributed by atoms with Gasteiger partial charge in [0, 0.05) is 31.6 Å². The second kappa shape index (κ2) is 10.3. The third-order valence-corrected chi connectivity index (χ3v) is 6.35. The molecule has 0 saturated heterocycles. The van der Waals surface area contributed by atoms with Gasteiger partial charge in [0.25, 0.3) is 0 Å². The van der Waals surface area contributed by atoms with Crippen molar-refractivity contribution in [2.75, 3.05) is 32.9 Å². The molecule has 0 fully saturated rings. The molecule has 2 heterocycles. The van der Waals surface area contributed by atoms with E-state index in [-0.39, 0.29) is 11.9 Å². The van der Waals surface area contributed by atoms with Gasteiger partial charge in [0.2, 0.25) is 5.91 Å². The second-order valence-electron chi connectivity index (χ2n) is 8.74. The minimum Gasteiger partial charge on any atom is -0.491 e. The molecule has 3 aromatic rings. The van der Waals surface area contributed by atoms with Crippen LogP contribution in [0.3, 0.4) is 0 Å². The zero-order valence-corrected chi connectivity index (χ0v) is 20.1. The Morgan fingerprint density at radius 1 is 0.971 bits per heavy atom. The first kappa shape index (κ1) is 23.1. The largest absolute Gasteiger partial charge is 0.491 e. The Morgan fingerprint density at radius 3 is 2.69 bits per heavy atom. The number of carbonyl (C=O) groups excluding carboxylic acids is 1. The minimum atomic E-state index is -0.0243. The lowest BCUT2D eigenvalue weighted by atomic mass is 9.96. The highest BCUT2D eigenvalue weighted by molar-refractivity contribution is 5.73. The first-order chi connectivity index (χ1) is 17.1. The van der Waals surface area contributed by atoms with Crippen molar-refractivity contribution in [3.63, 3.8) is 0 Å². The molecular weight excluding hydrogens is 444 g/mol. The van der Waals surface area contributed by atoms with Gasteiger partial charge in [-0.25, -0.2) is 0 Å². The molecule has 1 unspecified atom stereocenters. The van der Waals surface area contributed by atoms with Gasteiger partial charge in [-0.15, -0.1) is 0 Å². The topological polar surface area (TPSA) is 78.1 Å². The molecule has 7 heteroatoms. The maximum atomic E-state index is 11.0. The van der Waals surface area contributed by atoms with E-state index in [1.807, 2.05) is 30.3 Å². The van der Waals surface area contributed by atoms with Crippen molar-refractivity contribution in [2.24, 2.45) is 0 Å². The fourth-order valence-electron chi connectivity index (χ4n) is 4.46. The van der Waals surface area contributed by atoms with E-state index in [1.165, 1.54) is 12.5 Å². The van der Waals surface area contributed by atoms with Crippen LogP contribution in [0.15, 0.2) is 54.6 Å². The molecule has 2 aliphatic rings. The Hall–Kier alpha value is -3.71. The maximum absolute atomic E-state index is 11.0. The molecule has 0 aliphatic carbocycles. The van der Waals surface area contributed by atoms with Gasteiger partial charge in [-0.3, -0.25) is 4.79 Å². The van der Waals surface area contributed by atoms with E-state index in [1.54, 1.807) is 0 Å². The van der Waals surface area contributed by atoms with Crippen molar-refractivity contribution in [3.8, 4) is 34.1 Å². The maximum Gasteiger partial charge on any atom is 0.216 e. The van der Waals surface area contributed by atoms with Crippen LogP contribution < -0.4 is 29.6 Å². The molecule has 0 spiro atoms. The van der Waals surface area contributed by atoms with Crippen molar-refractivity contribution in [3.05, 3.63) is 71.3 Å². The van der Waals surface area contributed by atoms with E-state index >= 15 is 0 Å². The van der Waals surface area contributed by atoms with Gasteiger partial charge < -0.3 is 29.6 Å². The fourth-order valence-corrected chi connectivity index (χ4v) is 4.46. The Balaban J connectivity index is 1.24. The van der Waals surface area contributed by atoms with Crippen molar-refractivity contribution in [1.29, 1.82) is 0 Å². The fraction of sp³-hybridized carbons (Fsp3) is 0.321. The van der Waals surface area contributed by atoms with Crippen molar-refractivity contribution < 1.29 is 23.7 Å². The van der Waals surface area contributed by atoms with Crippen molar-refractivity contribution >= 4 is 5.91 Å². The first-order valence-corrected chi connectivity index (χ1v) is 11.9. The van der Waals surface area contributed by atoms with Crippen LogP contribution in [0.1, 0.15) is 29.7 Å². The molecule has 182 valence electrons. The van der Waals surface area contributed by atoms with E-state index < -0.39 is 0 Å². The molecule has 1 atom stereocenters. The molecule has 7 nitrogen and oxygen atoms in total. The Labute approximate surface area is 205 Å². The number of ether oxygens (including phenoxy) is 4. The summed E-state index contributed by atoms with van der Waals surface area (Å²) in [7, 11) is 0. The Morgan fingerprint density at radius 2 is 1.83 bits per heavy atom.